The van der Waals surface area contributed by atoms with Crippen LogP contribution in [0.1, 0.15) is 12.5 Å². The van der Waals surface area contributed by atoms with Gasteiger partial charge in [-0.15, -0.1) is 0 Å². The lowest BCUT2D eigenvalue weighted by molar-refractivity contribution is 0.339. The average Bonchev–Trinajstić information content (AvgIpc) is 2.07. The Balaban J connectivity index is 3.22. The van der Waals surface area contributed by atoms with Gasteiger partial charge in [-0.3, -0.25) is 4.55 Å². The van der Waals surface area contributed by atoms with E-state index >= 15 is 0 Å². The molecule has 0 saturated heterocycles. The third-order valence-corrected chi connectivity index (χ3v) is 2.74. The fourth-order valence-corrected chi connectivity index (χ4v) is 1.85. The zero-order chi connectivity index (χ0) is 10.8. The van der Waals surface area contributed by atoms with E-state index in [1.165, 1.54) is 6.07 Å². The molecule has 0 atom stereocenters. The molecule has 0 fully saturated rings. The monoisotopic (exact) mass is 216 g/mol. The third-order valence-electron chi connectivity index (χ3n) is 1.75. The van der Waals surface area contributed by atoms with E-state index in [2.05, 4.69) is 0 Å². The summed E-state index contributed by atoms with van der Waals surface area (Å²) < 4.78 is 35.8. The van der Waals surface area contributed by atoms with E-state index in [9.17, 15) is 8.42 Å². The van der Waals surface area contributed by atoms with Gasteiger partial charge < -0.3 is 4.74 Å². The Morgan fingerprint density at radius 2 is 2.07 bits per heavy atom. The summed E-state index contributed by atoms with van der Waals surface area (Å²) in [7, 11) is -4.15. The third kappa shape index (κ3) is 2.46. The van der Waals surface area contributed by atoms with Gasteiger partial charge in [-0.25, -0.2) is 0 Å². The van der Waals surface area contributed by atoms with Crippen molar-refractivity contribution in [3.05, 3.63) is 23.8 Å². The van der Waals surface area contributed by atoms with Crippen molar-refractivity contribution in [3.63, 3.8) is 0 Å². The lowest BCUT2D eigenvalue weighted by atomic mass is 10.2. The van der Waals surface area contributed by atoms with Crippen LogP contribution < -0.4 is 4.74 Å². The number of hydrogen-bond acceptors (Lipinski definition) is 3. The fourth-order valence-electron chi connectivity index (χ4n) is 1.11. The van der Waals surface area contributed by atoms with Crippen molar-refractivity contribution in [2.75, 3.05) is 6.61 Å². The summed E-state index contributed by atoms with van der Waals surface area (Å²) in [4.78, 5) is -0.108. The first-order chi connectivity index (χ1) is 6.45. The minimum Gasteiger partial charge on any atom is -0.494 e. The molecule has 1 aromatic carbocycles. The molecule has 14 heavy (non-hydrogen) atoms. The second-order valence-corrected chi connectivity index (χ2v) is 4.23. The Morgan fingerprint density at radius 1 is 1.43 bits per heavy atom. The van der Waals surface area contributed by atoms with E-state index in [1.807, 2.05) is 0 Å². The number of benzene rings is 1. The van der Waals surface area contributed by atoms with Gasteiger partial charge >= 0.3 is 0 Å². The Labute approximate surface area is 83.3 Å². The summed E-state index contributed by atoms with van der Waals surface area (Å²) in [6.07, 6.45) is 0. The van der Waals surface area contributed by atoms with Crippen LogP contribution in [0.4, 0.5) is 0 Å². The summed E-state index contributed by atoms with van der Waals surface area (Å²) in [5.74, 6) is 0.436. The predicted molar refractivity (Wildman–Crippen MR) is 52.2 cm³/mol. The van der Waals surface area contributed by atoms with Gasteiger partial charge in [0.1, 0.15) is 10.6 Å². The molecule has 4 nitrogen and oxygen atoms in total. The maximum atomic E-state index is 10.9. The highest BCUT2D eigenvalue weighted by Gasteiger charge is 2.13. The molecule has 0 aromatic heterocycles. The van der Waals surface area contributed by atoms with Gasteiger partial charge in [-0.1, -0.05) is 6.07 Å². The van der Waals surface area contributed by atoms with E-state index in [0.717, 1.165) is 0 Å². The largest absolute Gasteiger partial charge is 0.494 e. The molecule has 0 radical (unpaired) electrons. The Bertz CT molecular complexity index is 422. The topological polar surface area (TPSA) is 63.6 Å². The van der Waals surface area contributed by atoms with Crippen molar-refractivity contribution in [1.82, 2.24) is 0 Å². The van der Waals surface area contributed by atoms with E-state index in [4.69, 9.17) is 9.29 Å². The van der Waals surface area contributed by atoms with Gasteiger partial charge in [0.25, 0.3) is 10.1 Å². The molecule has 1 rings (SSSR count). The molecule has 0 aliphatic carbocycles. The molecule has 1 N–H and O–H groups in total. The molecule has 0 saturated carbocycles. The normalized spacial score (nSPS) is 11.4. The van der Waals surface area contributed by atoms with Crippen LogP contribution in [-0.2, 0) is 10.1 Å². The molecule has 0 amide bonds. The van der Waals surface area contributed by atoms with Crippen molar-refractivity contribution in [2.24, 2.45) is 0 Å². The smallest absolute Gasteiger partial charge is 0.294 e. The molecule has 0 bridgehead atoms. The fraction of sp³-hybridized carbons (Fsp3) is 0.333. The molecular formula is C9H12O4S. The van der Waals surface area contributed by atoms with Gasteiger partial charge in [-0.05, 0) is 25.5 Å². The highest BCUT2D eigenvalue weighted by Crippen LogP contribution is 2.21. The van der Waals surface area contributed by atoms with E-state index in [-0.39, 0.29) is 4.90 Å². The molecule has 5 heteroatoms. The van der Waals surface area contributed by atoms with Crippen LogP contribution in [0.5, 0.6) is 5.75 Å². The van der Waals surface area contributed by atoms with Crippen molar-refractivity contribution in [2.45, 2.75) is 18.7 Å². The Hall–Kier alpha value is -1.07. The molecular weight excluding hydrogens is 204 g/mol. The summed E-state index contributed by atoms with van der Waals surface area (Å²) in [6.45, 7) is 3.86. The van der Waals surface area contributed by atoms with Crippen molar-refractivity contribution < 1.29 is 17.7 Å². The first-order valence-corrected chi connectivity index (χ1v) is 5.60. The van der Waals surface area contributed by atoms with Crippen molar-refractivity contribution in [1.29, 1.82) is 0 Å². The molecule has 1 aromatic rings. The van der Waals surface area contributed by atoms with Gasteiger partial charge in [0.2, 0.25) is 0 Å². The summed E-state index contributed by atoms with van der Waals surface area (Å²) in [6, 6.07) is 4.57. The van der Waals surface area contributed by atoms with E-state index < -0.39 is 10.1 Å². The Morgan fingerprint density at radius 3 is 2.57 bits per heavy atom. The molecule has 0 aliphatic rings. The number of hydrogen-bond donors (Lipinski definition) is 1. The predicted octanol–water partition coefficient (Wildman–Crippen LogP) is 1.64. The van der Waals surface area contributed by atoms with E-state index in [0.29, 0.717) is 17.9 Å². The lowest BCUT2D eigenvalue weighted by Gasteiger charge is -2.06. The number of aryl methyl sites for hydroxylation is 1. The molecule has 0 unspecified atom stereocenters. The second kappa shape index (κ2) is 3.98. The molecule has 78 valence electrons. The maximum Gasteiger partial charge on any atom is 0.294 e. The molecule has 0 heterocycles. The van der Waals surface area contributed by atoms with E-state index in [1.54, 1.807) is 26.0 Å². The highest BCUT2D eigenvalue weighted by molar-refractivity contribution is 7.85. The minimum atomic E-state index is -4.15. The van der Waals surface area contributed by atoms with Crippen LogP contribution in [-0.4, -0.2) is 19.6 Å². The standard InChI is InChI=1S/C9H12O4S/c1-3-13-8-5-4-7(2)9(6-8)14(10,11)12/h4-6H,3H2,1-2H3,(H,10,11,12). The summed E-state index contributed by atoms with van der Waals surface area (Å²) in [5.41, 5.74) is 0.496. The van der Waals surface area contributed by atoms with Gasteiger partial charge in [-0.2, -0.15) is 8.42 Å². The molecule has 0 spiro atoms. The SMILES string of the molecule is CCOc1ccc(C)c(S(=O)(=O)O)c1. The maximum absolute atomic E-state index is 10.9. The van der Waals surface area contributed by atoms with Crippen LogP contribution in [0.15, 0.2) is 23.1 Å². The minimum absolute atomic E-state index is 0.108. The lowest BCUT2D eigenvalue weighted by Crippen LogP contribution is -2.02. The van der Waals surface area contributed by atoms with Crippen LogP contribution in [0, 0.1) is 6.92 Å². The van der Waals surface area contributed by atoms with Crippen LogP contribution in [0.3, 0.4) is 0 Å². The summed E-state index contributed by atoms with van der Waals surface area (Å²) >= 11 is 0. The zero-order valence-electron chi connectivity index (χ0n) is 8.02. The summed E-state index contributed by atoms with van der Waals surface area (Å²) in [5, 5.41) is 0. The highest BCUT2D eigenvalue weighted by atomic mass is 32.2. The van der Waals surface area contributed by atoms with Crippen molar-refractivity contribution in [3.8, 4) is 5.75 Å². The van der Waals surface area contributed by atoms with Crippen LogP contribution >= 0.6 is 0 Å². The Kier molecular flexibility index (Phi) is 3.13. The quantitative estimate of drug-likeness (QED) is 0.780. The second-order valence-electron chi connectivity index (χ2n) is 2.84. The van der Waals surface area contributed by atoms with Crippen LogP contribution in [0.2, 0.25) is 0 Å². The van der Waals surface area contributed by atoms with Gasteiger partial charge in [0, 0.05) is 6.07 Å². The van der Waals surface area contributed by atoms with Crippen molar-refractivity contribution >= 4 is 10.1 Å². The first-order valence-electron chi connectivity index (χ1n) is 4.16. The number of ether oxygens (including phenoxy) is 1. The van der Waals surface area contributed by atoms with Crippen LogP contribution in [0.25, 0.3) is 0 Å². The number of rotatable bonds is 3. The zero-order valence-corrected chi connectivity index (χ0v) is 8.84. The molecule has 0 aliphatic heterocycles. The first kappa shape index (κ1) is 11.0. The average molecular weight is 216 g/mol. The van der Waals surface area contributed by atoms with Gasteiger partial charge in [0.05, 0.1) is 6.61 Å². The van der Waals surface area contributed by atoms with Gasteiger partial charge in [0.15, 0.2) is 0 Å².